The van der Waals surface area contributed by atoms with E-state index in [9.17, 15) is 9.59 Å². The van der Waals surface area contributed by atoms with Crippen molar-refractivity contribution >= 4 is 35.1 Å². The summed E-state index contributed by atoms with van der Waals surface area (Å²) in [6, 6.07) is 9.91. The number of hydrogen-bond acceptors (Lipinski definition) is 4. The van der Waals surface area contributed by atoms with Crippen LogP contribution in [0.1, 0.15) is 28.9 Å². The molecule has 1 aromatic carbocycles. The predicted octanol–water partition coefficient (Wildman–Crippen LogP) is 3.42. The third kappa shape index (κ3) is 4.94. The van der Waals surface area contributed by atoms with Gasteiger partial charge in [0.1, 0.15) is 5.15 Å². The zero-order valence-corrected chi connectivity index (χ0v) is 13.8. The van der Waals surface area contributed by atoms with Gasteiger partial charge in [-0.05, 0) is 36.8 Å². The fourth-order valence-electron chi connectivity index (χ4n) is 1.87. The van der Waals surface area contributed by atoms with Crippen molar-refractivity contribution in [3.8, 4) is 0 Å². The molecule has 1 aromatic heterocycles. The predicted molar refractivity (Wildman–Crippen MR) is 87.5 cm³/mol. The summed E-state index contributed by atoms with van der Waals surface area (Å²) in [5.41, 5.74) is 1.01. The van der Waals surface area contributed by atoms with Crippen LogP contribution in [0.5, 0.6) is 0 Å². The molecule has 0 bridgehead atoms. The Bertz CT molecular complexity index is 705. The van der Waals surface area contributed by atoms with Crippen LogP contribution >= 0.6 is 23.2 Å². The van der Waals surface area contributed by atoms with E-state index in [0.717, 1.165) is 5.56 Å². The number of esters is 1. The standard InChI is InChI=1S/C16H14Cl2N2O3/c1-10(11-4-6-12(17)7-5-11)20-14(21)9-23-16(22)13-3-2-8-19-15(13)18/h2-8,10H,9H2,1H3,(H,20,21)/t10-/m1/s1. The zero-order valence-electron chi connectivity index (χ0n) is 12.3. The normalized spacial score (nSPS) is 11.6. The number of nitrogens with one attached hydrogen (secondary N) is 1. The Morgan fingerprint density at radius 3 is 2.57 bits per heavy atom. The first-order valence-corrected chi connectivity index (χ1v) is 7.55. The van der Waals surface area contributed by atoms with E-state index in [1.807, 2.05) is 19.1 Å². The summed E-state index contributed by atoms with van der Waals surface area (Å²) in [7, 11) is 0. The monoisotopic (exact) mass is 352 g/mol. The minimum atomic E-state index is -0.697. The molecule has 1 heterocycles. The van der Waals surface area contributed by atoms with Crippen LogP contribution in [-0.4, -0.2) is 23.5 Å². The van der Waals surface area contributed by atoms with Crippen molar-refractivity contribution in [2.75, 3.05) is 6.61 Å². The Morgan fingerprint density at radius 1 is 1.22 bits per heavy atom. The Labute approximate surface area is 143 Å². The van der Waals surface area contributed by atoms with E-state index in [1.165, 1.54) is 12.3 Å². The van der Waals surface area contributed by atoms with Gasteiger partial charge in [-0.25, -0.2) is 9.78 Å². The molecular weight excluding hydrogens is 339 g/mol. The third-order valence-electron chi connectivity index (χ3n) is 3.06. The molecule has 0 radical (unpaired) electrons. The molecule has 0 aliphatic carbocycles. The number of halogens is 2. The maximum Gasteiger partial charge on any atom is 0.341 e. The topological polar surface area (TPSA) is 68.3 Å². The average molecular weight is 353 g/mol. The number of pyridine rings is 1. The molecule has 2 rings (SSSR count). The number of amides is 1. The molecule has 0 spiro atoms. The average Bonchev–Trinajstić information content (AvgIpc) is 2.53. The van der Waals surface area contributed by atoms with Crippen LogP contribution in [-0.2, 0) is 9.53 Å². The van der Waals surface area contributed by atoms with Crippen molar-refractivity contribution in [1.29, 1.82) is 0 Å². The molecule has 120 valence electrons. The summed E-state index contributed by atoms with van der Waals surface area (Å²) in [5.74, 6) is -1.11. The lowest BCUT2D eigenvalue weighted by molar-refractivity contribution is -0.124. The molecule has 23 heavy (non-hydrogen) atoms. The molecule has 5 nitrogen and oxygen atoms in total. The van der Waals surface area contributed by atoms with Gasteiger partial charge in [-0.2, -0.15) is 0 Å². The van der Waals surface area contributed by atoms with E-state index in [0.29, 0.717) is 5.02 Å². The Morgan fingerprint density at radius 2 is 1.91 bits per heavy atom. The highest BCUT2D eigenvalue weighted by molar-refractivity contribution is 6.32. The third-order valence-corrected chi connectivity index (χ3v) is 3.61. The Hall–Kier alpha value is -2.11. The van der Waals surface area contributed by atoms with Gasteiger partial charge < -0.3 is 10.1 Å². The molecule has 0 saturated heterocycles. The number of rotatable bonds is 5. The second kappa shape index (κ2) is 7.94. The molecule has 1 amide bonds. The molecule has 1 atom stereocenters. The van der Waals surface area contributed by atoms with Gasteiger partial charge in [0.25, 0.3) is 5.91 Å². The summed E-state index contributed by atoms with van der Waals surface area (Å²) in [6.07, 6.45) is 1.46. The summed E-state index contributed by atoms with van der Waals surface area (Å²) >= 11 is 11.6. The summed E-state index contributed by atoms with van der Waals surface area (Å²) in [4.78, 5) is 27.4. The minimum absolute atomic E-state index is 0.0347. The summed E-state index contributed by atoms with van der Waals surface area (Å²) in [5, 5.41) is 3.38. The molecule has 2 aromatic rings. The SMILES string of the molecule is C[C@@H](NC(=O)COC(=O)c1cccnc1Cl)c1ccc(Cl)cc1. The van der Waals surface area contributed by atoms with Crippen LogP contribution in [0.4, 0.5) is 0 Å². The summed E-state index contributed by atoms with van der Waals surface area (Å²) in [6.45, 7) is 1.42. The second-order valence-electron chi connectivity index (χ2n) is 4.76. The van der Waals surface area contributed by atoms with Gasteiger partial charge in [-0.3, -0.25) is 4.79 Å². The van der Waals surface area contributed by atoms with Gasteiger partial charge in [0, 0.05) is 11.2 Å². The van der Waals surface area contributed by atoms with Crippen LogP contribution in [0.2, 0.25) is 10.2 Å². The maximum absolute atomic E-state index is 11.9. The van der Waals surface area contributed by atoms with E-state index in [-0.39, 0.29) is 16.8 Å². The van der Waals surface area contributed by atoms with E-state index >= 15 is 0 Å². The zero-order chi connectivity index (χ0) is 16.8. The van der Waals surface area contributed by atoms with Crippen LogP contribution in [0.3, 0.4) is 0 Å². The number of carbonyl (C=O) groups excluding carboxylic acids is 2. The number of hydrogen-bond donors (Lipinski definition) is 1. The number of ether oxygens (including phenoxy) is 1. The van der Waals surface area contributed by atoms with Crippen LogP contribution in [0, 0.1) is 0 Å². The van der Waals surface area contributed by atoms with Crippen LogP contribution < -0.4 is 5.32 Å². The van der Waals surface area contributed by atoms with E-state index in [1.54, 1.807) is 18.2 Å². The second-order valence-corrected chi connectivity index (χ2v) is 5.55. The fraction of sp³-hybridized carbons (Fsp3) is 0.188. The Kier molecular flexibility index (Phi) is 5.96. The lowest BCUT2D eigenvalue weighted by Crippen LogP contribution is -2.31. The van der Waals surface area contributed by atoms with Crippen molar-refractivity contribution in [3.63, 3.8) is 0 Å². The van der Waals surface area contributed by atoms with Gasteiger partial charge >= 0.3 is 5.97 Å². The van der Waals surface area contributed by atoms with Crippen LogP contribution in [0.25, 0.3) is 0 Å². The smallest absolute Gasteiger partial charge is 0.341 e. The van der Waals surface area contributed by atoms with Crippen molar-refractivity contribution in [3.05, 3.63) is 63.9 Å². The summed E-state index contributed by atoms with van der Waals surface area (Å²) < 4.78 is 4.93. The van der Waals surface area contributed by atoms with Gasteiger partial charge in [-0.15, -0.1) is 0 Å². The molecule has 0 unspecified atom stereocenters. The highest BCUT2D eigenvalue weighted by atomic mass is 35.5. The first-order chi connectivity index (χ1) is 11.0. The minimum Gasteiger partial charge on any atom is -0.452 e. The first kappa shape index (κ1) is 17.2. The number of benzene rings is 1. The number of aromatic nitrogens is 1. The van der Waals surface area contributed by atoms with Gasteiger partial charge in [0.15, 0.2) is 6.61 Å². The van der Waals surface area contributed by atoms with Crippen molar-refractivity contribution < 1.29 is 14.3 Å². The fourth-order valence-corrected chi connectivity index (χ4v) is 2.19. The molecule has 0 fully saturated rings. The Balaban J connectivity index is 1.86. The molecule has 0 saturated carbocycles. The number of nitrogens with zero attached hydrogens (tertiary/aromatic N) is 1. The first-order valence-electron chi connectivity index (χ1n) is 6.80. The van der Waals surface area contributed by atoms with Crippen molar-refractivity contribution in [1.82, 2.24) is 10.3 Å². The van der Waals surface area contributed by atoms with E-state index in [2.05, 4.69) is 10.3 Å². The molecule has 0 aliphatic heterocycles. The number of carbonyl (C=O) groups is 2. The molecular formula is C16H14Cl2N2O3. The van der Waals surface area contributed by atoms with Crippen LogP contribution in [0.15, 0.2) is 42.6 Å². The van der Waals surface area contributed by atoms with Gasteiger partial charge in [0.2, 0.25) is 0 Å². The highest BCUT2D eigenvalue weighted by Crippen LogP contribution is 2.16. The largest absolute Gasteiger partial charge is 0.452 e. The lowest BCUT2D eigenvalue weighted by atomic mass is 10.1. The van der Waals surface area contributed by atoms with Gasteiger partial charge in [-0.1, -0.05) is 35.3 Å². The van der Waals surface area contributed by atoms with Crippen molar-refractivity contribution in [2.45, 2.75) is 13.0 Å². The van der Waals surface area contributed by atoms with Gasteiger partial charge in [0.05, 0.1) is 11.6 Å². The maximum atomic E-state index is 11.9. The highest BCUT2D eigenvalue weighted by Gasteiger charge is 2.15. The van der Waals surface area contributed by atoms with Crippen molar-refractivity contribution in [2.24, 2.45) is 0 Å². The molecule has 0 aliphatic rings. The van der Waals surface area contributed by atoms with E-state index in [4.69, 9.17) is 27.9 Å². The molecule has 7 heteroatoms. The lowest BCUT2D eigenvalue weighted by Gasteiger charge is -2.14. The van der Waals surface area contributed by atoms with E-state index < -0.39 is 18.5 Å². The quantitative estimate of drug-likeness (QED) is 0.661. The molecule has 1 N–H and O–H groups in total.